The number of anilines is 2. The average molecular weight is 319 g/mol. The van der Waals surface area contributed by atoms with Crippen LogP contribution in [0.1, 0.15) is 0 Å². The van der Waals surface area contributed by atoms with Crippen molar-refractivity contribution < 1.29 is 19.3 Å². The Labute approximate surface area is 130 Å². The van der Waals surface area contributed by atoms with Crippen LogP contribution in [0.4, 0.5) is 22.7 Å². The Morgan fingerprint density at radius 1 is 0.913 bits per heavy atom. The lowest BCUT2D eigenvalue weighted by Crippen LogP contribution is -2.00. The minimum absolute atomic E-state index is 0.115. The number of hydrogen-bond acceptors (Lipinski definition) is 7. The van der Waals surface area contributed by atoms with Crippen LogP contribution in [0.15, 0.2) is 36.4 Å². The summed E-state index contributed by atoms with van der Waals surface area (Å²) in [7, 11) is 2.95. The lowest BCUT2D eigenvalue weighted by molar-refractivity contribution is -0.393. The highest BCUT2D eigenvalue weighted by Crippen LogP contribution is 2.36. The van der Waals surface area contributed by atoms with Gasteiger partial charge in [-0.25, -0.2) is 0 Å². The standard InChI is InChI=1S/C14H13N3O6/c1-22-10-4-6-12(14(8-10)23-2)15-11-5-3-9(16(18)19)7-13(11)17(20)21/h3-8,15H,1-2H3. The van der Waals surface area contributed by atoms with Gasteiger partial charge in [0.15, 0.2) is 0 Å². The summed E-state index contributed by atoms with van der Waals surface area (Å²) in [5.41, 5.74) is -0.185. The minimum atomic E-state index is -0.690. The fourth-order valence-electron chi connectivity index (χ4n) is 1.94. The molecule has 0 unspecified atom stereocenters. The Bertz CT molecular complexity index is 762. The van der Waals surface area contributed by atoms with Crippen LogP contribution >= 0.6 is 0 Å². The fraction of sp³-hybridized carbons (Fsp3) is 0.143. The summed E-state index contributed by atoms with van der Waals surface area (Å²) in [6.45, 7) is 0. The van der Waals surface area contributed by atoms with Crippen molar-refractivity contribution in [1.29, 1.82) is 0 Å². The highest BCUT2D eigenvalue weighted by molar-refractivity contribution is 5.75. The van der Waals surface area contributed by atoms with Crippen molar-refractivity contribution in [2.75, 3.05) is 19.5 Å². The summed E-state index contributed by atoms with van der Waals surface area (Å²) in [6, 6.07) is 8.26. The zero-order chi connectivity index (χ0) is 17.0. The Morgan fingerprint density at radius 2 is 1.61 bits per heavy atom. The minimum Gasteiger partial charge on any atom is -0.497 e. The van der Waals surface area contributed by atoms with Crippen LogP contribution < -0.4 is 14.8 Å². The van der Waals surface area contributed by atoms with E-state index < -0.39 is 15.5 Å². The highest BCUT2D eigenvalue weighted by Gasteiger charge is 2.20. The smallest absolute Gasteiger partial charge is 0.299 e. The maximum atomic E-state index is 11.1. The maximum Gasteiger partial charge on any atom is 0.299 e. The lowest BCUT2D eigenvalue weighted by atomic mass is 10.2. The monoisotopic (exact) mass is 319 g/mol. The van der Waals surface area contributed by atoms with E-state index in [4.69, 9.17) is 9.47 Å². The summed E-state index contributed by atoms with van der Waals surface area (Å²) < 4.78 is 10.3. The van der Waals surface area contributed by atoms with Crippen molar-refractivity contribution in [3.05, 3.63) is 56.6 Å². The fourth-order valence-corrected chi connectivity index (χ4v) is 1.94. The summed E-state index contributed by atoms with van der Waals surface area (Å²) in [5, 5.41) is 24.7. The second kappa shape index (κ2) is 6.60. The van der Waals surface area contributed by atoms with Crippen LogP contribution in [0.5, 0.6) is 11.5 Å². The van der Waals surface area contributed by atoms with E-state index in [1.807, 2.05) is 0 Å². The molecule has 2 aromatic rings. The molecule has 1 N–H and O–H groups in total. The Kier molecular flexibility index (Phi) is 4.60. The van der Waals surface area contributed by atoms with Gasteiger partial charge < -0.3 is 14.8 Å². The number of hydrogen-bond donors (Lipinski definition) is 1. The molecule has 0 aliphatic rings. The van der Waals surface area contributed by atoms with Crippen LogP contribution in [0.25, 0.3) is 0 Å². The third-order valence-electron chi connectivity index (χ3n) is 3.07. The quantitative estimate of drug-likeness (QED) is 0.641. The maximum absolute atomic E-state index is 11.1. The van der Waals surface area contributed by atoms with E-state index in [9.17, 15) is 20.2 Å². The van der Waals surface area contributed by atoms with Gasteiger partial charge in [-0.3, -0.25) is 20.2 Å². The first-order valence-corrected chi connectivity index (χ1v) is 6.38. The summed E-state index contributed by atoms with van der Waals surface area (Å²) in [6.07, 6.45) is 0. The number of rotatable bonds is 6. The van der Waals surface area contributed by atoms with Crippen molar-refractivity contribution in [3.63, 3.8) is 0 Å². The van der Waals surface area contributed by atoms with Gasteiger partial charge in [-0.15, -0.1) is 0 Å². The molecule has 0 bridgehead atoms. The molecule has 0 heterocycles. The van der Waals surface area contributed by atoms with Crippen molar-refractivity contribution in [2.45, 2.75) is 0 Å². The number of non-ortho nitro benzene ring substituents is 1. The number of ether oxygens (including phenoxy) is 2. The van der Waals surface area contributed by atoms with Crippen LogP contribution in [-0.4, -0.2) is 24.1 Å². The number of nitrogens with zero attached hydrogens (tertiary/aromatic N) is 2. The molecule has 0 aliphatic heterocycles. The number of methoxy groups -OCH3 is 2. The number of nitro benzene ring substituents is 2. The second-order valence-electron chi connectivity index (χ2n) is 4.41. The van der Waals surface area contributed by atoms with Crippen LogP contribution in [-0.2, 0) is 0 Å². The van der Waals surface area contributed by atoms with Gasteiger partial charge in [-0.1, -0.05) is 0 Å². The van der Waals surface area contributed by atoms with E-state index in [1.165, 1.54) is 26.4 Å². The largest absolute Gasteiger partial charge is 0.497 e. The van der Waals surface area contributed by atoms with Crippen molar-refractivity contribution in [3.8, 4) is 11.5 Å². The molecule has 0 radical (unpaired) electrons. The van der Waals surface area contributed by atoms with Gasteiger partial charge in [0.2, 0.25) is 0 Å². The molecule has 2 rings (SSSR count). The molecule has 0 saturated carbocycles. The molecule has 0 aromatic heterocycles. The average Bonchev–Trinajstić information content (AvgIpc) is 2.55. The van der Waals surface area contributed by atoms with E-state index in [2.05, 4.69) is 5.32 Å². The predicted molar refractivity (Wildman–Crippen MR) is 82.6 cm³/mol. The molecular formula is C14H13N3O6. The molecular weight excluding hydrogens is 306 g/mol. The first kappa shape index (κ1) is 16.0. The molecule has 0 amide bonds. The van der Waals surface area contributed by atoms with Gasteiger partial charge in [-0.05, 0) is 18.2 Å². The van der Waals surface area contributed by atoms with Gasteiger partial charge in [0.1, 0.15) is 17.2 Å². The summed E-state index contributed by atoms with van der Waals surface area (Å²) in [5.74, 6) is 0.975. The zero-order valence-electron chi connectivity index (χ0n) is 12.3. The van der Waals surface area contributed by atoms with E-state index in [1.54, 1.807) is 18.2 Å². The molecule has 0 spiro atoms. The molecule has 9 nitrogen and oxygen atoms in total. The van der Waals surface area contributed by atoms with E-state index in [-0.39, 0.29) is 11.4 Å². The van der Waals surface area contributed by atoms with Gasteiger partial charge in [0.05, 0.1) is 35.8 Å². The van der Waals surface area contributed by atoms with Gasteiger partial charge >= 0.3 is 0 Å². The third kappa shape index (κ3) is 3.46. The van der Waals surface area contributed by atoms with E-state index in [0.29, 0.717) is 17.2 Å². The SMILES string of the molecule is COc1ccc(Nc2ccc([N+](=O)[O-])cc2[N+](=O)[O-])c(OC)c1. The molecule has 2 aromatic carbocycles. The number of benzene rings is 2. The highest BCUT2D eigenvalue weighted by atomic mass is 16.6. The molecule has 0 saturated heterocycles. The molecule has 9 heteroatoms. The number of nitrogens with one attached hydrogen (secondary N) is 1. The topological polar surface area (TPSA) is 117 Å². The van der Waals surface area contributed by atoms with E-state index >= 15 is 0 Å². The first-order valence-electron chi connectivity index (χ1n) is 6.38. The zero-order valence-corrected chi connectivity index (χ0v) is 12.3. The summed E-state index contributed by atoms with van der Waals surface area (Å²) >= 11 is 0. The molecule has 0 fully saturated rings. The van der Waals surface area contributed by atoms with Gasteiger partial charge in [0, 0.05) is 12.1 Å². The molecule has 23 heavy (non-hydrogen) atoms. The normalized spacial score (nSPS) is 10.0. The Balaban J connectivity index is 2.44. The number of nitro groups is 2. The van der Waals surface area contributed by atoms with Crippen molar-refractivity contribution in [1.82, 2.24) is 0 Å². The molecule has 0 aliphatic carbocycles. The Morgan fingerprint density at radius 3 is 2.17 bits per heavy atom. The molecule has 0 atom stereocenters. The van der Waals surface area contributed by atoms with Gasteiger partial charge in [-0.2, -0.15) is 0 Å². The van der Waals surface area contributed by atoms with Crippen LogP contribution in [0, 0.1) is 20.2 Å². The third-order valence-corrected chi connectivity index (χ3v) is 3.07. The second-order valence-corrected chi connectivity index (χ2v) is 4.41. The van der Waals surface area contributed by atoms with Crippen LogP contribution in [0.2, 0.25) is 0 Å². The molecule has 120 valence electrons. The van der Waals surface area contributed by atoms with Crippen molar-refractivity contribution in [2.24, 2.45) is 0 Å². The first-order chi connectivity index (χ1) is 11.0. The Hall–Kier alpha value is -3.36. The van der Waals surface area contributed by atoms with Crippen LogP contribution in [0.3, 0.4) is 0 Å². The summed E-state index contributed by atoms with van der Waals surface area (Å²) in [4.78, 5) is 20.5. The van der Waals surface area contributed by atoms with E-state index in [0.717, 1.165) is 6.07 Å². The van der Waals surface area contributed by atoms with Crippen molar-refractivity contribution >= 4 is 22.7 Å². The van der Waals surface area contributed by atoms with Gasteiger partial charge in [0.25, 0.3) is 11.4 Å². The lowest BCUT2D eigenvalue weighted by Gasteiger charge is -2.12. The predicted octanol–water partition coefficient (Wildman–Crippen LogP) is 3.26.